The first-order valence-electron chi connectivity index (χ1n) is 5.42. The minimum absolute atomic E-state index is 0.0222. The van der Waals surface area contributed by atoms with Crippen LogP contribution in [-0.4, -0.2) is 21.4 Å². The molecule has 0 saturated carbocycles. The number of nitrogen functional groups attached to an aromatic ring is 1. The topological polar surface area (TPSA) is 85.8 Å². The summed E-state index contributed by atoms with van der Waals surface area (Å²) in [6.45, 7) is 8.58. The summed E-state index contributed by atoms with van der Waals surface area (Å²) in [6.07, 6.45) is 0. The average molecular weight is 225 g/mol. The molecule has 0 aliphatic carbocycles. The van der Waals surface area contributed by atoms with Crippen LogP contribution in [0, 0.1) is 5.92 Å². The van der Waals surface area contributed by atoms with Gasteiger partial charge in [0.15, 0.2) is 0 Å². The number of nitrogens with one attached hydrogen (secondary N) is 1. The molecule has 90 valence electrons. The molecule has 1 rings (SSSR count). The van der Waals surface area contributed by atoms with Gasteiger partial charge in [-0.3, -0.25) is 4.79 Å². The zero-order chi connectivity index (χ0) is 12.3. The van der Waals surface area contributed by atoms with Gasteiger partial charge in [-0.15, -0.1) is 10.2 Å². The molecular formula is C10H19N5O. The van der Waals surface area contributed by atoms with Crippen molar-refractivity contribution in [3.8, 4) is 0 Å². The van der Waals surface area contributed by atoms with Crippen LogP contribution >= 0.6 is 0 Å². The molecular weight excluding hydrogens is 206 g/mol. The van der Waals surface area contributed by atoms with Crippen LogP contribution in [-0.2, 0) is 0 Å². The summed E-state index contributed by atoms with van der Waals surface area (Å²) in [5.41, 5.74) is 0.0915. The number of rotatable bonds is 4. The molecule has 3 N–H and O–H groups in total. The molecule has 0 atom stereocenters. The fourth-order valence-corrected chi connectivity index (χ4v) is 1.19. The standard InChI is InChI=1S/C10H19N5O/c1-6(2)5-12-10-14-13-8(7(3)4)9(16)15(10)11/h6-7H,5,11H2,1-4H3,(H,12,14). The number of hydrogen-bond donors (Lipinski definition) is 2. The average Bonchev–Trinajstić information content (AvgIpc) is 2.19. The molecule has 1 heterocycles. The molecule has 0 unspecified atom stereocenters. The summed E-state index contributed by atoms with van der Waals surface area (Å²) in [7, 11) is 0. The van der Waals surface area contributed by atoms with Crippen LogP contribution in [0.2, 0.25) is 0 Å². The molecule has 0 bridgehead atoms. The Kier molecular flexibility index (Phi) is 3.87. The maximum absolute atomic E-state index is 11.8. The van der Waals surface area contributed by atoms with Crippen LogP contribution in [0.5, 0.6) is 0 Å². The lowest BCUT2D eigenvalue weighted by Gasteiger charge is -2.12. The number of anilines is 1. The van der Waals surface area contributed by atoms with E-state index in [1.807, 2.05) is 13.8 Å². The molecule has 6 heteroatoms. The summed E-state index contributed by atoms with van der Waals surface area (Å²) < 4.78 is 1.02. The second kappa shape index (κ2) is 4.96. The van der Waals surface area contributed by atoms with Gasteiger partial charge in [-0.2, -0.15) is 4.68 Å². The molecule has 0 saturated heterocycles. The van der Waals surface area contributed by atoms with E-state index in [1.165, 1.54) is 0 Å². The van der Waals surface area contributed by atoms with Gasteiger partial charge in [-0.05, 0) is 5.92 Å². The van der Waals surface area contributed by atoms with Gasteiger partial charge in [0.25, 0.3) is 5.56 Å². The second-order valence-electron chi connectivity index (χ2n) is 4.51. The predicted molar refractivity (Wildman–Crippen MR) is 63.9 cm³/mol. The minimum Gasteiger partial charge on any atom is -0.353 e. The van der Waals surface area contributed by atoms with Crippen molar-refractivity contribution in [2.45, 2.75) is 33.6 Å². The van der Waals surface area contributed by atoms with Crippen molar-refractivity contribution in [3.63, 3.8) is 0 Å². The van der Waals surface area contributed by atoms with Gasteiger partial charge in [0.05, 0.1) is 0 Å². The normalized spacial score (nSPS) is 11.1. The number of nitrogens with zero attached hydrogens (tertiary/aromatic N) is 3. The van der Waals surface area contributed by atoms with E-state index in [9.17, 15) is 4.79 Å². The number of aromatic nitrogens is 3. The molecule has 0 radical (unpaired) electrons. The first kappa shape index (κ1) is 12.5. The Morgan fingerprint density at radius 1 is 1.31 bits per heavy atom. The second-order valence-corrected chi connectivity index (χ2v) is 4.51. The third-order valence-corrected chi connectivity index (χ3v) is 2.13. The van der Waals surface area contributed by atoms with Gasteiger partial charge in [0.2, 0.25) is 5.95 Å². The fraction of sp³-hybridized carbons (Fsp3) is 0.700. The zero-order valence-corrected chi connectivity index (χ0v) is 10.2. The Balaban J connectivity index is 2.98. The van der Waals surface area contributed by atoms with Crippen molar-refractivity contribution >= 4 is 5.95 Å². The van der Waals surface area contributed by atoms with Gasteiger partial charge in [-0.1, -0.05) is 27.7 Å². The van der Waals surface area contributed by atoms with E-state index >= 15 is 0 Å². The molecule has 16 heavy (non-hydrogen) atoms. The lowest BCUT2D eigenvalue weighted by molar-refractivity contribution is 0.664. The highest BCUT2D eigenvalue weighted by Gasteiger charge is 2.12. The third kappa shape index (κ3) is 2.71. The smallest absolute Gasteiger partial charge is 0.295 e. The van der Waals surface area contributed by atoms with Crippen molar-refractivity contribution in [1.29, 1.82) is 0 Å². The van der Waals surface area contributed by atoms with E-state index in [1.54, 1.807) is 0 Å². The Bertz CT molecular complexity index is 410. The zero-order valence-electron chi connectivity index (χ0n) is 10.2. The maximum atomic E-state index is 11.8. The molecule has 0 aliphatic heterocycles. The van der Waals surface area contributed by atoms with Crippen LogP contribution in [0.1, 0.15) is 39.3 Å². The molecule has 0 amide bonds. The van der Waals surface area contributed by atoms with E-state index in [0.29, 0.717) is 24.1 Å². The Morgan fingerprint density at radius 2 is 1.94 bits per heavy atom. The summed E-state index contributed by atoms with van der Waals surface area (Å²) in [4.78, 5) is 11.8. The number of hydrogen-bond acceptors (Lipinski definition) is 5. The van der Waals surface area contributed by atoms with Crippen LogP contribution in [0.15, 0.2) is 4.79 Å². The lowest BCUT2D eigenvalue weighted by atomic mass is 10.1. The van der Waals surface area contributed by atoms with Crippen LogP contribution in [0.25, 0.3) is 0 Å². The predicted octanol–water partition coefficient (Wildman–Crippen LogP) is 0.543. The van der Waals surface area contributed by atoms with Gasteiger partial charge in [0.1, 0.15) is 5.69 Å². The van der Waals surface area contributed by atoms with Crippen molar-refractivity contribution in [3.05, 3.63) is 16.0 Å². The summed E-state index contributed by atoms with van der Waals surface area (Å²) in [6, 6.07) is 0. The van der Waals surface area contributed by atoms with Gasteiger partial charge in [-0.25, -0.2) is 0 Å². The van der Waals surface area contributed by atoms with E-state index in [2.05, 4.69) is 29.4 Å². The van der Waals surface area contributed by atoms with Crippen LogP contribution in [0.3, 0.4) is 0 Å². The first-order chi connectivity index (χ1) is 7.43. The molecule has 0 fully saturated rings. The van der Waals surface area contributed by atoms with Gasteiger partial charge in [0, 0.05) is 12.5 Å². The summed E-state index contributed by atoms with van der Waals surface area (Å²) in [5, 5.41) is 10.8. The maximum Gasteiger partial charge on any atom is 0.295 e. The monoisotopic (exact) mass is 225 g/mol. The Labute approximate surface area is 94.8 Å². The fourth-order valence-electron chi connectivity index (χ4n) is 1.19. The summed E-state index contributed by atoms with van der Waals surface area (Å²) in [5.74, 6) is 6.42. The van der Waals surface area contributed by atoms with Crippen LogP contribution < -0.4 is 16.7 Å². The first-order valence-corrected chi connectivity index (χ1v) is 5.42. The van der Waals surface area contributed by atoms with E-state index < -0.39 is 0 Å². The largest absolute Gasteiger partial charge is 0.353 e. The van der Waals surface area contributed by atoms with Crippen molar-refractivity contribution in [2.24, 2.45) is 5.92 Å². The quantitative estimate of drug-likeness (QED) is 0.730. The highest BCUT2D eigenvalue weighted by Crippen LogP contribution is 2.06. The molecule has 0 aromatic carbocycles. The number of nitrogens with two attached hydrogens (primary N) is 1. The van der Waals surface area contributed by atoms with Crippen molar-refractivity contribution < 1.29 is 0 Å². The molecule has 1 aromatic heterocycles. The minimum atomic E-state index is -0.295. The van der Waals surface area contributed by atoms with E-state index in [4.69, 9.17) is 5.84 Å². The molecule has 6 nitrogen and oxygen atoms in total. The summed E-state index contributed by atoms with van der Waals surface area (Å²) >= 11 is 0. The Hall–Kier alpha value is -1.59. The van der Waals surface area contributed by atoms with Gasteiger partial charge < -0.3 is 11.2 Å². The van der Waals surface area contributed by atoms with Gasteiger partial charge >= 0.3 is 0 Å². The SMILES string of the molecule is CC(C)CNc1nnc(C(C)C)c(=O)n1N. The van der Waals surface area contributed by atoms with E-state index in [-0.39, 0.29) is 11.5 Å². The Morgan fingerprint density at radius 3 is 2.44 bits per heavy atom. The van der Waals surface area contributed by atoms with Crippen LogP contribution in [0.4, 0.5) is 5.95 Å². The highest BCUT2D eigenvalue weighted by molar-refractivity contribution is 5.24. The molecule has 1 aromatic rings. The molecule has 0 spiro atoms. The lowest BCUT2D eigenvalue weighted by Crippen LogP contribution is -2.35. The van der Waals surface area contributed by atoms with E-state index in [0.717, 1.165) is 4.68 Å². The third-order valence-electron chi connectivity index (χ3n) is 2.13. The highest BCUT2D eigenvalue weighted by atomic mass is 16.1. The molecule has 0 aliphatic rings. The van der Waals surface area contributed by atoms with Crippen molar-refractivity contribution in [1.82, 2.24) is 14.9 Å². The van der Waals surface area contributed by atoms with Crippen molar-refractivity contribution in [2.75, 3.05) is 17.7 Å².